The van der Waals surface area contributed by atoms with Crippen molar-refractivity contribution in [1.29, 1.82) is 0 Å². The lowest BCUT2D eigenvalue weighted by Crippen LogP contribution is -1.94. The van der Waals surface area contributed by atoms with Gasteiger partial charge in [-0.15, -0.1) is 0 Å². The van der Waals surface area contributed by atoms with E-state index in [0.717, 1.165) is 11.3 Å². The highest BCUT2D eigenvalue weighted by atomic mass is 16.3. The fourth-order valence-electron chi connectivity index (χ4n) is 1.60. The van der Waals surface area contributed by atoms with Crippen LogP contribution >= 0.6 is 0 Å². The third-order valence-electron chi connectivity index (χ3n) is 2.30. The maximum Gasteiger partial charge on any atom is 0.251 e. The van der Waals surface area contributed by atoms with Crippen LogP contribution in [0.3, 0.4) is 0 Å². The lowest BCUT2D eigenvalue weighted by Gasteiger charge is -2.00. The Morgan fingerprint density at radius 1 is 1.12 bits per heavy atom. The number of phenols is 1. The predicted octanol–water partition coefficient (Wildman–Crippen LogP) is 1.50. The number of nitrogens with zero attached hydrogens (tertiary/aromatic N) is 4. The maximum absolute atomic E-state index is 9.42. The Morgan fingerprint density at radius 3 is 2.94 bits per heavy atom. The zero-order chi connectivity index (χ0) is 11.0. The number of fused-ring (bicyclic) bond motifs is 1. The summed E-state index contributed by atoms with van der Waals surface area (Å²) < 4.78 is 1.63. The zero-order valence-corrected chi connectivity index (χ0v) is 8.28. The van der Waals surface area contributed by atoms with Crippen molar-refractivity contribution in [2.24, 2.45) is 0 Å². The molecule has 5 nitrogen and oxygen atoms in total. The highest BCUT2D eigenvalue weighted by Gasteiger charge is 2.07. The summed E-state index contributed by atoms with van der Waals surface area (Å²) in [4.78, 5) is 8.21. The van der Waals surface area contributed by atoms with Gasteiger partial charge in [0.1, 0.15) is 5.75 Å². The fourth-order valence-corrected chi connectivity index (χ4v) is 1.60. The number of benzene rings is 1. The van der Waals surface area contributed by atoms with Gasteiger partial charge >= 0.3 is 0 Å². The number of imidazole rings is 1. The van der Waals surface area contributed by atoms with Gasteiger partial charge in [-0.1, -0.05) is 12.1 Å². The first-order valence-corrected chi connectivity index (χ1v) is 4.79. The number of aromatic nitrogens is 4. The Labute approximate surface area is 91.0 Å². The maximum atomic E-state index is 9.42. The monoisotopic (exact) mass is 212 g/mol. The van der Waals surface area contributed by atoms with E-state index in [4.69, 9.17) is 0 Å². The van der Waals surface area contributed by atoms with Gasteiger partial charge in [-0.2, -0.15) is 9.61 Å². The molecule has 0 aliphatic heterocycles. The van der Waals surface area contributed by atoms with E-state index in [1.165, 1.54) is 0 Å². The van der Waals surface area contributed by atoms with Crippen LogP contribution in [0.5, 0.6) is 5.75 Å². The average molecular weight is 212 g/mol. The summed E-state index contributed by atoms with van der Waals surface area (Å²) in [5.74, 6) is 0.761. The first kappa shape index (κ1) is 8.84. The average Bonchev–Trinajstić information content (AvgIpc) is 2.72. The molecule has 0 bridgehead atoms. The van der Waals surface area contributed by atoms with E-state index in [-0.39, 0.29) is 5.75 Å². The molecule has 2 heterocycles. The standard InChI is InChI=1S/C11H8N4O/c16-9-3-1-2-8(6-9)10-7-13-11-12-4-5-14-15(10)11/h1-7,16H. The van der Waals surface area contributed by atoms with Crippen LogP contribution in [-0.2, 0) is 0 Å². The summed E-state index contributed by atoms with van der Waals surface area (Å²) in [7, 11) is 0. The summed E-state index contributed by atoms with van der Waals surface area (Å²) in [5, 5.41) is 13.6. The molecule has 2 aromatic heterocycles. The number of hydrogen-bond donors (Lipinski definition) is 1. The van der Waals surface area contributed by atoms with Crippen molar-refractivity contribution in [1.82, 2.24) is 19.6 Å². The Bertz CT molecular complexity index is 647. The molecule has 16 heavy (non-hydrogen) atoms. The van der Waals surface area contributed by atoms with Crippen molar-refractivity contribution >= 4 is 5.78 Å². The van der Waals surface area contributed by atoms with Gasteiger partial charge in [0.25, 0.3) is 5.78 Å². The van der Waals surface area contributed by atoms with Crippen molar-refractivity contribution in [3.8, 4) is 17.0 Å². The van der Waals surface area contributed by atoms with Crippen molar-refractivity contribution in [3.05, 3.63) is 42.9 Å². The number of hydrogen-bond acceptors (Lipinski definition) is 4. The molecule has 3 rings (SSSR count). The van der Waals surface area contributed by atoms with E-state index in [0.29, 0.717) is 5.78 Å². The molecule has 0 saturated carbocycles. The summed E-state index contributed by atoms with van der Waals surface area (Å²) in [6, 6.07) is 6.95. The Morgan fingerprint density at radius 2 is 2.06 bits per heavy atom. The first-order chi connectivity index (χ1) is 7.84. The van der Waals surface area contributed by atoms with Gasteiger partial charge in [-0.25, -0.2) is 9.97 Å². The molecule has 0 spiro atoms. The van der Waals surface area contributed by atoms with E-state index in [1.54, 1.807) is 41.3 Å². The second-order valence-corrected chi connectivity index (χ2v) is 3.35. The van der Waals surface area contributed by atoms with Gasteiger partial charge in [-0.05, 0) is 12.1 Å². The molecule has 3 aromatic rings. The van der Waals surface area contributed by atoms with Crippen molar-refractivity contribution < 1.29 is 5.11 Å². The molecule has 0 amide bonds. The normalized spacial score (nSPS) is 10.8. The lowest BCUT2D eigenvalue weighted by molar-refractivity contribution is 0.475. The van der Waals surface area contributed by atoms with Crippen LogP contribution in [0.25, 0.3) is 17.0 Å². The largest absolute Gasteiger partial charge is 0.508 e. The minimum absolute atomic E-state index is 0.219. The van der Waals surface area contributed by atoms with Crippen LogP contribution in [-0.4, -0.2) is 24.7 Å². The van der Waals surface area contributed by atoms with E-state index in [2.05, 4.69) is 15.1 Å². The quantitative estimate of drug-likeness (QED) is 0.663. The molecule has 1 N–H and O–H groups in total. The van der Waals surface area contributed by atoms with Crippen LogP contribution in [0, 0.1) is 0 Å². The predicted molar refractivity (Wildman–Crippen MR) is 57.9 cm³/mol. The molecule has 0 unspecified atom stereocenters. The molecule has 1 aromatic carbocycles. The third-order valence-corrected chi connectivity index (χ3v) is 2.30. The van der Waals surface area contributed by atoms with Crippen LogP contribution in [0.1, 0.15) is 0 Å². The van der Waals surface area contributed by atoms with Crippen LogP contribution in [0.15, 0.2) is 42.9 Å². The van der Waals surface area contributed by atoms with Crippen LogP contribution in [0.2, 0.25) is 0 Å². The van der Waals surface area contributed by atoms with E-state index < -0.39 is 0 Å². The Hall–Kier alpha value is -2.43. The second-order valence-electron chi connectivity index (χ2n) is 3.35. The molecule has 0 aliphatic carbocycles. The van der Waals surface area contributed by atoms with Crippen molar-refractivity contribution in [3.63, 3.8) is 0 Å². The van der Waals surface area contributed by atoms with E-state index >= 15 is 0 Å². The van der Waals surface area contributed by atoms with Crippen molar-refractivity contribution in [2.75, 3.05) is 0 Å². The molecule has 0 radical (unpaired) electrons. The molecular formula is C11H8N4O. The van der Waals surface area contributed by atoms with Crippen LogP contribution in [0.4, 0.5) is 0 Å². The highest BCUT2D eigenvalue weighted by molar-refractivity contribution is 5.63. The topological polar surface area (TPSA) is 63.3 Å². The smallest absolute Gasteiger partial charge is 0.251 e. The summed E-state index contributed by atoms with van der Waals surface area (Å²) in [5.41, 5.74) is 1.66. The molecule has 78 valence electrons. The van der Waals surface area contributed by atoms with Gasteiger partial charge in [0.2, 0.25) is 0 Å². The van der Waals surface area contributed by atoms with Gasteiger partial charge in [0.15, 0.2) is 0 Å². The fraction of sp³-hybridized carbons (Fsp3) is 0. The van der Waals surface area contributed by atoms with Gasteiger partial charge < -0.3 is 5.11 Å². The highest BCUT2D eigenvalue weighted by Crippen LogP contribution is 2.22. The molecule has 5 heteroatoms. The summed E-state index contributed by atoms with van der Waals surface area (Å²) in [6.07, 6.45) is 4.87. The van der Waals surface area contributed by atoms with Crippen molar-refractivity contribution in [2.45, 2.75) is 0 Å². The third kappa shape index (κ3) is 1.30. The Balaban J connectivity index is 2.26. The second kappa shape index (κ2) is 3.30. The molecule has 0 fully saturated rings. The molecule has 0 saturated heterocycles. The number of phenolic OH excluding ortho intramolecular Hbond substituents is 1. The SMILES string of the molecule is Oc1cccc(-c2cnc3nccnn23)c1. The lowest BCUT2D eigenvalue weighted by atomic mass is 10.1. The zero-order valence-electron chi connectivity index (χ0n) is 8.28. The molecular weight excluding hydrogens is 204 g/mol. The van der Waals surface area contributed by atoms with E-state index in [1.807, 2.05) is 6.07 Å². The van der Waals surface area contributed by atoms with E-state index in [9.17, 15) is 5.11 Å². The summed E-state index contributed by atoms with van der Waals surface area (Å²) in [6.45, 7) is 0. The molecule has 0 atom stereocenters. The number of aromatic hydroxyl groups is 1. The van der Waals surface area contributed by atoms with Gasteiger partial charge in [-0.3, -0.25) is 0 Å². The van der Waals surface area contributed by atoms with Gasteiger partial charge in [0.05, 0.1) is 24.3 Å². The van der Waals surface area contributed by atoms with Gasteiger partial charge in [0, 0.05) is 5.56 Å². The minimum atomic E-state index is 0.219. The first-order valence-electron chi connectivity index (χ1n) is 4.79. The number of rotatable bonds is 1. The van der Waals surface area contributed by atoms with Crippen LogP contribution < -0.4 is 0 Å². The minimum Gasteiger partial charge on any atom is -0.508 e. The summed E-state index contributed by atoms with van der Waals surface area (Å²) >= 11 is 0. The molecule has 0 aliphatic rings. The Kier molecular flexibility index (Phi) is 1.83.